The van der Waals surface area contributed by atoms with Crippen molar-refractivity contribution in [2.45, 2.75) is 39.4 Å². The van der Waals surface area contributed by atoms with Crippen LogP contribution in [0.5, 0.6) is 0 Å². The van der Waals surface area contributed by atoms with Crippen molar-refractivity contribution in [2.24, 2.45) is 0 Å². The van der Waals surface area contributed by atoms with E-state index in [1.54, 1.807) is 6.07 Å². The number of thiazole rings is 1. The molecule has 34 heavy (non-hydrogen) atoms. The third kappa shape index (κ3) is 5.10. The fourth-order valence-corrected chi connectivity index (χ4v) is 5.16. The summed E-state index contributed by atoms with van der Waals surface area (Å²) in [6.45, 7) is 7.68. The minimum Gasteiger partial charge on any atom is -0.467 e. The largest absolute Gasteiger partial charge is 0.467 e. The summed E-state index contributed by atoms with van der Waals surface area (Å²) in [6.07, 6.45) is -0.921. The van der Waals surface area contributed by atoms with Crippen LogP contribution in [-0.2, 0) is 14.3 Å². The smallest absolute Gasteiger partial charge is 0.339 e. The lowest BCUT2D eigenvalue weighted by Gasteiger charge is -2.28. The van der Waals surface area contributed by atoms with Crippen molar-refractivity contribution in [3.63, 3.8) is 0 Å². The Bertz CT molecular complexity index is 1360. The predicted molar refractivity (Wildman–Crippen MR) is 139 cm³/mol. The number of nitrogens with zero attached hydrogens (tertiary/aromatic N) is 2. The van der Waals surface area contributed by atoms with E-state index >= 15 is 0 Å². The van der Waals surface area contributed by atoms with Crippen LogP contribution < -0.4 is 0 Å². The van der Waals surface area contributed by atoms with Crippen LogP contribution in [0.1, 0.15) is 38.0 Å². The van der Waals surface area contributed by atoms with Crippen LogP contribution in [0.25, 0.3) is 32.0 Å². The molecule has 0 aliphatic heterocycles. The van der Waals surface area contributed by atoms with Crippen LogP contribution in [0.3, 0.4) is 0 Å². The van der Waals surface area contributed by atoms with Crippen molar-refractivity contribution in [1.29, 1.82) is 0 Å². The Morgan fingerprint density at radius 3 is 2.38 bits per heavy atom. The molecule has 8 heteroatoms. The van der Waals surface area contributed by atoms with Crippen molar-refractivity contribution in [3.8, 4) is 21.8 Å². The number of benzene rings is 2. The number of fused-ring (bicyclic) bond motifs is 1. The average molecular weight is 515 g/mol. The topological polar surface area (TPSA) is 61.3 Å². The summed E-state index contributed by atoms with van der Waals surface area (Å²) in [7, 11) is 1.37. The molecule has 0 amide bonds. The van der Waals surface area contributed by atoms with Gasteiger partial charge in [0.25, 0.3) is 0 Å². The molecule has 0 aliphatic carbocycles. The Morgan fingerprint density at radius 2 is 1.76 bits per heavy atom. The quantitative estimate of drug-likeness (QED) is 0.202. The van der Waals surface area contributed by atoms with Crippen molar-refractivity contribution in [1.82, 2.24) is 9.97 Å². The molecule has 0 spiro atoms. The molecule has 0 saturated carbocycles. The van der Waals surface area contributed by atoms with Gasteiger partial charge in [-0.15, -0.1) is 11.3 Å². The van der Waals surface area contributed by atoms with Crippen LogP contribution >= 0.6 is 34.5 Å². The number of methoxy groups -OCH3 is 1. The lowest BCUT2D eigenvalue weighted by molar-refractivity contribution is -0.164. The summed E-state index contributed by atoms with van der Waals surface area (Å²) in [4.78, 5) is 22.2. The van der Waals surface area contributed by atoms with E-state index in [4.69, 9.17) is 37.7 Å². The van der Waals surface area contributed by atoms with Gasteiger partial charge in [0.1, 0.15) is 15.9 Å². The van der Waals surface area contributed by atoms with Gasteiger partial charge in [-0.1, -0.05) is 41.4 Å². The van der Waals surface area contributed by atoms with Crippen LogP contribution in [0.4, 0.5) is 0 Å². The Morgan fingerprint density at radius 1 is 1.06 bits per heavy atom. The zero-order chi connectivity index (χ0) is 24.6. The van der Waals surface area contributed by atoms with Gasteiger partial charge in [-0.3, -0.25) is 0 Å². The molecule has 2 heterocycles. The average Bonchev–Trinajstić information content (AvgIpc) is 3.20. The molecule has 0 saturated heterocycles. The summed E-state index contributed by atoms with van der Waals surface area (Å²) in [5, 5.41) is 1.75. The number of pyridine rings is 1. The highest BCUT2D eigenvalue weighted by Gasteiger charge is 2.33. The van der Waals surface area contributed by atoms with Crippen molar-refractivity contribution in [2.75, 3.05) is 7.11 Å². The summed E-state index contributed by atoms with van der Waals surface area (Å²) in [6, 6.07) is 14.9. The van der Waals surface area contributed by atoms with E-state index in [0.717, 1.165) is 37.5 Å². The highest BCUT2D eigenvalue weighted by molar-refractivity contribution is 7.22. The van der Waals surface area contributed by atoms with Crippen LogP contribution in [0, 0.1) is 6.92 Å². The van der Waals surface area contributed by atoms with E-state index in [0.29, 0.717) is 15.9 Å². The fourth-order valence-electron chi connectivity index (χ4n) is 3.77. The number of rotatable bonds is 5. The molecule has 0 fully saturated rings. The van der Waals surface area contributed by atoms with Gasteiger partial charge in [-0.05, 0) is 69.2 Å². The molecule has 5 nitrogen and oxygen atoms in total. The molecule has 0 bridgehead atoms. The van der Waals surface area contributed by atoms with E-state index in [1.165, 1.54) is 18.4 Å². The number of halogens is 2. The van der Waals surface area contributed by atoms with Crippen molar-refractivity contribution >= 4 is 50.7 Å². The van der Waals surface area contributed by atoms with Crippen LogP contribution in [0.2, 0.25) is 10.2 Å². The third-order valence-corrected chi connectivity index (χ3v) is 6.72. The SMILES string of the molecule is COC(=O)[C@@H](OC(C)(C)C)c1c(C)cc2nc(-c3cccc(Cl)n3)sc2c1-c1ccc(Cl)cc1. The first-order valence-corrected chi connectivity index (χ1v) is 12.2. The zero-order valence-corrected chi connectivity index (χ0v) is 21.8. The predicted octanol–water partition coefficient (Wildman–Crippen LogP) is 7.67. The second-order valence-electron chi connectivity index (χ2n) is 8.84. The minimum atomic E-state index is -0.921. The van der Waals surface area contributed by atoms with Crippen molar-refractivity contribution in [3.05, 3.63) is 69.8 Å². The van der Waals surface area contributed by atoms with Gasteiger partial charge in [0, 0.05) is 16.1 Å². The zero-order valence-electron chi connectivity index (χ0n) is 19.5. The van der Waals surface area contributed by atoms with Gasteiger partial charge in [0.05, 0.1) is 22.9 Å². The number of hydrogen-bond acceptors (Lipinski definition) is 6. The third-order valence-electron chi connectivity index (χ3n) is 5.14. The Kier molecular flexibility index (Phi) is 6.97. The molecular weight excluding hydrogens is 491 g/mol. The minimum absolute atomic E-state index is 0.399. The van der Waals surface area contributed by atoms with E-state index in [1.807, 2.05) is 70.2 Å². The summed E-state index contributed by atoms with van der Waals surface area (Å²) in [5.74, 6) is -0.464. The first-order chi connectivity index (χ1) is 16.1. The number of aromatic nitrogens is 2. The first kappa shape index (κ1) is 24.6. The Hall–Kier alpha value is -2.51. The van der Waals surface area contributed by atoms with Gasteiger partial charge in [-0.2, -0.15) is 0 Å². The molecule has 0 radical (unpaired) electrons. The van der Waals surface area contributed by atoms with E-state index < -0.39 is 17.7 Å². The maximum atomic E-state index is 13.0. The summed E-state index contributed by atoms with van der Waals surface area (Å²) in [5.41, 5.74) is 4.27. The van der Waals surface area contributed by atoms with Crippen LogP contribution in [-0.4, -0.2) is 28.6 Å². The number of hydrogen-bond donors (Lipinski definition) is 0. The molecule has 0 N–H and O–H groups in total. The van der Waals surface area contributed by atoms with Gasteiger partial charge in [-0.25, -0.2) is 14.8 Å². The van der Waals surface area contributed by atoms with E-state index in [9.17, 15) is 4.79 Å². The second kappa shape index (κ2) is 9.62. The normalized spacial score (nSPS) is 12.7. The lowest BCUT2D eigenvalue weighted by atomic mass is 9.91. The van der Waals surface area contributed by atoms with Gasteiger partial charge in [0.15, 0.2) is 6.10 Å². The number of esters is 1. The number of aryl methyl sites for hydroxylation is 1. The monoisotopic (exact) mass is 514 g/mol. The molecule has 176 valence electrons. The number of ether oxygens (including phenoxy) is 2. The molecule has 4 aromatic rings. The first-order valence-electron chi connectivity index (χ1n) is 10.7. The van der Waals surface area contributed by atoms with Gasteiger partial charge in [0.2, 0.25) is 0 Å². The van der Waals surface area contributed by atoms with Gasteiger partial charge < -0.3 is 9.47 Å². The highest BCUT2D eigenvalue weighted by atomic mass is 35.5. The van der Waals surface area contributed by atoms with Crippen LogP contribution in [0.15, 0.2) is 48.5 Å². The Balaban J connectivity index is 2.04. The maximum Gasteiger partial charge on any atom is 0.339 e. The number of carbonyl (C=O) groups is 1. The molecule has 1 atom stereocenters. The molecule has 4 rings (SSSR count). The lowest BCUT2D eigenvalue weighted by Crippen LogP contribution is -2.29. The fraction of sp³-hybridized carbons (Fsp3) is 0.269. The molecule has 2 aromatic carbocycles. The second-order valence-corrected chi connectivity index (χ2v) is 10.7. The molecular formula is C26H24Cl2N2O3S. The Labute approximate surface area is 212 Å². The molecule has 0 aliphatic rings. The van der Waals surface area contributed by atoms with E-state index in [2.05, 4.69) is 4.98 Å². The molecule has 2 aromatic heterocycles. The van der Waals surface area contributed by atoms with Crippen molar-refractivity contribution < 1.29 is 14.3 Å². The number of carbonyl (C=O) groups excluding carboxylic acids is 1. The summed E-state index contributed by atoms with van der Waals surface area (Å²) >= 11 is 13.8. The van der Waals surface area contributed by atoms with E-state index in [-0.39, 0.29) is 0 Å². The van der Waals surface area contributed by atoms with Gasteiger partial charge >= 0.3 is 5.97 Å². The standard InChI is InChI=1S/C26H24Cl2N2O3S/c1-14-13-18-23(34-24(30-18)17-7-6-8-19(28)29-17)21(15-9-11-16(27)12-10-15)20(14)22(25(31)32-5)33-26(2,3)4/h6-13,22H,1-5H3/t22-/m0/s1. The molecule has 0 unspecified atom stereocenters. The highest BCUT2D eigenvalue weighted by Crippen LogP contribution is 2.44. The maximum absolute atomic E-state index is 13.0. The summed E-state index contributed by atoms with van der Waals surface area (Å²) < 4.78 is 12.3.